The molecule has 4 aromatic rings. The van der Waals surface area contributed by atoms with Gasteiger partial charge in [0.15, 0.2) is 0 Å². The third kappa shape index (κ3) is 3.11. The van der Waals surface area contributed by atoms with Crippen LogP contribution in [0.4, 0.5) is 0 Å². The molecule has 0 spiro atoms. The fourth-order valence-corrected chi connectivity index (χ4v) is 3.46. The van der Waals surface area contributed by atoms with Crippen LogP contribution in [0.5, 0.6) is 5.75 Å². The van der Waals surface area contributed by atoms with Gasteiger partial charge in [0, 0.05) is 16.3 Å². The first kappa shape index (κ1) is 17.1. The van der Waals surface area contributed by atoms with Crippen LogP contribution in [0.1, 0.15) is 15.9 Å². The number of benzene rings is 4. The lowest BCUT2D eigenvalue weighted by Crippen LogP contribution is -2.17. The quantitative estimate of drug-likeness (QED) is 0.297. The summed E-state index contributed by atoms with van der Waals surface area (Å²) in [6, 6.07) is 21.9. The molecule has 5 heteroatoms. The SMILES string of the molecule is O=C(N/N=C\c1c2ccccc2c(Cl)c2ccccc12)c1ccccc1O. The zero-order valence-electron chi connectivity index (χ0n) is 14.2. The minimum absolute atomic E-state index is 0.0902. The Labute approximate surface area is 160 Å². The second-order valence-electron chi connectivity index (χ2n) is 6.04. The molecule has 0 aromatic heterocycles. The summed E-state index contributed by atoms with van der Waals surface area (Å²) in [6.45, 7) is 0. The van der Waals surface area contributed by atoms with Crippen LogP contribution < -0.4 is 5.43 Å². The van der Waals surface area contributed by atoms with E-state index >= 15 is 0 Å². The molecular weight excluding hydrogens is 360 g/mol. The molecule has 0 aliphatic heterocycles. The summed E-state index contributed by atoms with van der Waals surface area (Å²) in [5.41, 5.74) is 3.50. The molecule has 4 aromatic carbocycles. The first-order valence-corrected chi connectivity index (χ1v) is 8.75. The van der Waals surface area contributed by atoms with E-state index in [0.717, 1.165) is 27.1 Å². The first-order chi connectivity index (χ1) is 13.2. The van der Waals surface area contributed by atoms with E-state index < -0.39 is 5.91 Å². The minimum atomic E-state index is -0.480. The number of para-hydroxylation sites is 1. The standard InChI is InChI=1S/C22H15ClN2O2/c23-21-16-9-3-1-7-14(16)19(15-8-2-4-10-17(15)21)13-24-25-22(27)18-11-5-6-12-20(18)26/h1-13,26H,(H,25,27)/b24-13-. The van der Waals surface area contributed by atoms with Crippen molar-refractivity contribution in [3.8, 4) is 5.75 Å². The van der Waals surface area contributed by atoms with Crippen molar-refractivity contribution in [1.29, 1.82) is 0 Å². The molecule has 0 heterocycles. The second-order valence-corrected chi connectivity index (χ2v) is 6.41. The molecule has 4 nitrogen and oxygen atoms in total. The zero-order valence-corrected chi connectivity index (χ0v) is 14.9. The Balaban J connectivity index is 1.77. The van der Waals surface area contributed by atoms with E-state index in [1.54, 1.807) is 18.3 Å². The van der Waals surface area contributed by atoms with E-state index in [-0.39, 0.29) is 11.3 Å². The number of phenolic OH excluding ortho intramolecular Hbond substituents is 1. The third-order valence-electron chi connectivity index (χ3n) is 4.42. The number of amides is 1. The van der Waals surface area contributed by atoms with Gasteiger partial charge < -0.3 is 5.11 Å². The van der Waals surface area contributed by atoms with Gasteiger partial charge in [-0.3, -0.25) is 4.79 Å². The number of carbonyl (C=O) groups excluding carboxylic acids is 1. The lowest BCUT2D eigenvalue weighted by atomic mass is 9.97. The normalized spacial score (nSPS) is 11.3. The van der Waals surface area contributed by atoms with Gasteiger partial charge in [-0.05, 0) is 22.9 Å². The molecule has 0 fully saturated rings. The molecule has 0 aliphatic rings. The van der Waals surface area contributed by atoms with Crippen molar-refractivity contribution in [3.05, 3.63) is 88.9 Å². The van der Waals surface area contributed by atoms with Gasteiger partial charge in [0.05, 0.1) is 16.8 Å². The summed E-state index contributed by atoms with van der Waals surface area (Å²) in [5, 5.41) is 18.3. The third-order valence-corrected chi connectivity index (χ3v) is 4.82. The van der Waals surface area contributed by atoms with Crippen LogP contribution >= 0.6 is 11.6 Å². The number of hydrogen-bond acceptors (Lipinski definition) is 3. The maximum absolute atomic E-state index is 12.2. The Kier molecular flexibility index (Phi) is 4.48. The van der Waals surface area contributed by atoms with Crippen molar-refractivity contribution in [3.63, 3.8) is 0 Å². The van der Waals surface area contributed by atoms with Gasteiger partial charge in [0.1, 0.15) is 5.75 Å². The van der Waals surface area contributed by atoms with Crippen molar-refractivity contribution in [1.82, 2.24) is 5.43 Å². The molecule has 0 atom stereocenters. The van der Waals surface area contributed by atoms with Gasteiger partial charge in [0.2, 0.25) is 0 Å². The smallest absolute Gasteiger partial charge is 0.275 e. The maximum atomic E-state index is 12.2. The average molecular weight is 375 g/mol. The van der Waals surface area contributed by atoms with Gasteiger partial charge in [-0.25, -0.2) is 5.43 Å². The first-order valence-electron chi connectivity index (χ1n) is 8.37. The fourth-order valence-electron chi connectivity index (χ4n) is 3.13. The molecule has 1 amide bonds. The number of hydrazone groups is 1. The summed E-state index contributed by atoms with van der Waals surface area (Å²) in [5.74, 6) is -0.570. The van der Waals surface area contributed by atoms with Crippen LogP contribution in [-0.2, 0) is 0 Å². The number of rotatable bonds is 3. The van der Waals surface area contributed by atoms with Crippen molar-refractivity contribution >= 4 is 45.3 Å². The van der Waals surface area contributed by atoms with E-state index in [4.69, 9.17) is 11.6 Å². The number of nitrogens with one attached hydrogen (secondary N) is 1. The summed E-state index contributed by atoms with van der Waals surface area (Å²) in [4.78, 5) is 12.2. The van der Waals surface area contributed by atoms with Crippen molar-refractivity contribution in [2.24, 2.45) is 5.10 Å². The van der Waals surface area contributed by atoms with Crippen LogP contribution in [0.3, 0.4) is 0 Å². The van der Waals surface area contributed by atoms with E-state index in [9.17, 15) is 9.90 Å². The van der Waals surface area contributed by atoms with Crippen molar-refractivity contribution < 1.29 is 9.90 Å². The molecule has 132 valence electrons. The molecule has 27 heavy (non-hydrogen) atoms. The van der Waals surface area contributed by atoms with E-state index in [2.05, 4.69) is 10.5 Å². The highest BCUT2D eigenvalue weighted by Gasteiger charge is 2.12. The summed E-state index contributed by atoms with van der Waals surface area (Å²) in [7, 11) is 0. The molecule has 0 aliphatic carbocycles. The van der Waals surface area contributed by atoms with Crippen LogP contribution in [0, 0.1) is 0 Å². The van der Waals surface area contributed by atoms with Crippen LogP contribution in [0.2, 0.25) is 5.02 Å². The van der Waals surface area contributed by atoms with Crippen LogP contribution in [0.15, 0.2) is 77.9 Å². The highest BCUT2D eigenvalue weighted by atomic mass is 35.5. The van der Waals surface area contributed by atoms with Gasteiger partial charge in [-0.2, -0.15) is 5.10 Å². The number of carbonyl (C=O) groups is 1. The number of phenols is 1. The lowest BCUT2D eigenvalue weighted by Gasteiger charge is -2.10. The fraction of sp³-hybridized carbons (Fsp3) is 0. The molecule has 0 unspecified atom stereocenters. The van der Waals surface area contributed by atoms with Gasteiger partial charge in [-0.15, -0.1) is 0 Å². The second kappa shape index (κ2) is 7.09. The molecule has 2 N–H and O–H groups in total. The van der Waals surface area contributed by atoms with E-state index in [0.29, 0.717) is 5.02 Å². The van der Waals surface area contributed by atoms with Crippen molar-refractivity contribution in [2.75, 3.05) is 0 Å². The molecule has 0 saturated carbocycles. The van der Waals surface area contributed by atoms with Crippen molar-refractivity contribution in [2.45, 2.75) is 0 Å². The molecule has 0 saturated heterocycles. The Bertz CT molecular complexity index is 1140. The molecule has 4 rings (SSSR count). The molecule has 0 radical (unpaired) electrons. The Morgan fingerprint density at radius 3 is 1.96 bits per heavy atom. The average Bonchev–Trinajstić information content (AvgIpc) is 2.71. The number of aromatic hydroxyl groups is 1. The van der Waals surface area contributed by atoms with Gasteiger partial charge in [-0.1, -0.05) is 72.3 Å². The Morgan fingerprint density at radius 2 is 1.37 bits per heavy atom. The van der Waals surface area contributed by atoms with E-state index in [1.165, 1.54) is 12.1 Å². The number of halogens is 1. The van der Waals surface area contributed by atoms with E-state index in [1.807, 2.05) is 48.5 Å². The molecular formula is C22H15ClN2O2. The maximum Gasteiger partial charge on any atom is 0.275 e. The number of fused-ring (bicyclic) bond motifs is 2. The highest BCUT2D eigenvalue weighted by Crippen LogP contribution is 2.35. The predicted molar refractivity (Wildman–Crippen MR) is 110 cm³/mol. The largest absolute Gasteiger partial charge is 0.507 e. The highest BCUT2D eigenvalue weighted by molar-refractivity contribution is 6.42. The van der Waals surface area contributed by atoms with Gasteiger partial charge in [0.25, 0.3) is 5.91 Å². The monoisotopic (exact) mass is 374 g/mol. The topological polar surface area (TPSA) is 61.7 Å². The number of hydrogen-bond donors (Lipinski definition) is 2. The molecule has 0 bridgehead atoms. The lowest BCUT2D eigenvalue weighted by molar-refractivity contribution is 0.0952. The van der Waals surface area contributed by atoms with Crippen LogP contribution in [0.25, 0.3) is 21.5 Å². The summed E-state index contributed by atoms with van der Waals surface area (Å²) in [6.07, 6.45) is 1.61. The number of nitrogens with zero attached hydrogens (tertiary/aromatic N) is 1. The van der Waals surface area contributed by atoms with Gasteiger partial charge >= 0.3 is 0 Å². The summed E-state index contributed by atoms with van der Waals surface area (Å²) < 4.78 is 0. The zero-order chi connectivity index (χ0) is 18.8. The Morgan fingerprint density at radius 1 is 0.852 bits per heavy atom. The predicted octanol–water partition coefficient (Wildman–Crippen LogP) is 5.12. The minimum Gasteiger partial charge on any atom is -0.507 e. The Hall–Kier alpha value is -3.37. The van der Waals surface area contributed by atoms with Crippen LogP contribution in [-0.4, -0.2) is 17.2 Å². The summed E-state index contributed by atoms with van der Waals surface area (Å²) >= 11 is 6.59.